The molecule has 4 rings (SSSR count). The third kappa shape index (κ3) is 4.25. The number of benzene rings is 2. The Morgan fingerprint density at radius 2 is 1.75 bits per heavy atom. The van der Waals surface area contributed by atoms with Gasteiger partial charge in [-0.15, -0.1) is 0 Å². The van der Waals surface area contributed by atoms with Crippen LogP contribution in [0.25, 0.3) is 11.0 Å². The molecule has 1 amide bonds. The van der Waals surface area contributed by atoms with Gasteiger partial charge in [-0.2, -0.15) is 4.31 Å². The number of methoxy groups -OCH3 is 1. The number of sulfonamides is 1. The predicted molar refractivity (Wildman–Crippen MR) is 124 cm³/mol. The molecule has 3 aromatic rings. The van der Waals surface area contributed by atoms with Crippen molar-refractivity contribution in [3.8, 4) is 5.75 Å². The quantitative estimate of drug-likeness (QED) is 0.591. The minimum Gasteiger partial charge on any atom is -0.497 e. The van der Waals surface area contributed by atoms with Gasteiger partial charge in [0.1, 0.15) is 11.3 Å². The maximum Gasteiger partial charge on any atom is 0.291 e. The number of furan rings is 1. The van der Waals surface area contributed by atoms with E-state index in [-0.39, 0.29) is 10.7 Å². The largest absolute Gasteiger partial charge is 0.497 e. The first-order valence-corrected chi connectivity index (χ1v) is 12.2. The Kier molecular flexibility index (Phi) is 6.26. The lowest BCUT2D eigenvalue weighted by atomic mass is 10.1. The van der Waals surface area contributed by atoms with Crippen LogP contribution in [0.5, 0.6) is 5.75 Å². The molecule has 1 N–H and O–H groups in total. The van der Waals surface area contributed by atoms with Gasteiger partial charge in [0.15, 0.2) is 5.76 Å². The lowest BCUT2D eigenvalue weighted by molar-refractivity contribution is 0.0998. The van der Waals surface area contributed by atoms with Gasteiger partial charge in [0.25, 0.3) is 5.91 Å². The first kappa shape index (κ1) is 22.4. The fraction of sp³-hybridized carbons (Fsp3) is 0.375. The van der Waals surface area contributed by atoms with Gasteiger partial charge in [0, 0.05) is 29.7 Å². The number of hydrogen-bond donors (Lipinski definition) is 1. The Morgan fingerprint density at radius 3 is 2.44 bits per heavy atom. The monoisotopic (exact) mass is 456 g/mol. The summed E-state index contributed by atoms with van der Waals surface area (Å²) in [4.78, 5) is 13.2. The summed E-state index contributed by atoms with van der Waals surface area (Å²) in [6.07, 6.45) is 3.82. The SMILES string of the molecule is COc1ccc2oc(C(=O)Nc3ccc(C)c(S(=O)(=O)N4CCCCCC4)c3)c(C)c2c1. The van der Waals surface area contributed by atoms with Gasteiger partial charge >= 0.3 is 0 Å². The summed E-state index contributed by atoms with van der Waals surface area (Å²) in [6, 6.07) is 10.3. The number of anilines is 1. The molecule has 32 heavy (non-hydrogen) atoms. The number of amides is 1. The van der Waals surface area contributed by atoms with Crippen molar-refractivity contribution in [2.45, 2.75) is 44.4 Å². The van der Waals surface area contributed by atoms with Crippen molar-refractivity contribution in [3.05, 3.63) is 53.3 Å². The average molecular weight is 457 g/mol. The zero-order valence-electron chi connectivity index (χ0n) is 18.6. The van der Waals surface area contributed by atoms with Gasteiger partial charge in [0.2, 0.25) is 10.0 Å². The second kappa shape index (κ2) is 8.96. The number of carbonyl (C=O) groups is 1. The molecule has 0 aliphatic carbocycles. The van der Waals surface area contributed by atoms with Gasteiger partial charge in [-0.25, -0.2) is 8.42 Å². The Hall–Kier alpha value is -2.84. The summed E-state index contributed by atoms with van der Waals surface area (Å²) < 4.78 is 39.1. The smallest absolute Gasteiger partial charge is 0.291 e. The summed E-state index contributed by atoms with van der Waals surface area (Å²) >= 11 is 0. The highest BCUT2D eigenvalue weighted by Crippen LogP contribution is 2.30. The normalized spacial score (nSPS) is 15.5. The highest BCUT2D eigenvalue weighted by Gasteiger charge is 2.27. The van der Waals surface area contributed by atoms with Crippen molar-refractivity contribution in [1.82, 2.24) is 4.31 Å². The third-order valence-corrected chi connectivity index (χ3v) is 8.02. The molecular formula is C24H28N2O5S. The number of rotatable bonds is 5. The molecule has 2 aromatic carbocycles. The van der Waals surface area contributed by atoms with Gasteiger partial charge < -0.3 is 14.5 Å². The molecule has 1 saturated heterocycles. The van der Waals surface area contributed by atoms with Crippen molar-refractivity contribution in [2.75, 3.05) is 25.5 Å². The molecule has 0 spiro atoms. The molecule has 0 saturated carbocycles. The average Bonchev–Trinajstić information content (AvgIpc) is 2.95. The maximum absolute atomic E-state index is 13.3. The summed E-state index contributed by atoms with van der Waals surface area (Å²) in [5.74, 6) is 0.431. The second-order valence-electron chi connectivity index (χ2n) is 8.17. The van der Waals surface area contributed by atoms with E-state index in [1.165, 1.54) is 6.07 Å². The van der Waals surface area contributed by atoms with Crippen LogP contribution in [0.4, 0.5) is 5.69 Å². The fourth-order valence-corrected chi connectivity index (χ4v) is 5.88. The molecule has 1 aliphatic heterocycles. The van der Waals surface area contributed by atoms with E-state index < -0.39 is 15.9 Å². The van der Waals surface area contributed by atoms with E-state index in [9.17, 15) is 13.2 Å². The number of aryl methyl sites for hydroxylation is 2. The molecule has 0 atom stereocenters. The number of nitrogens with one attached hydrogen (secondary N) is 1. The van der Waals surface area contributed by atoms with E-state index in [4.69, 9.17) is 9.15 Å². The highest BCUT2D eigenvalue weighted by molar-refractivity contribution is 7.89. The van der Waals surface area contributed by atoms with Gasteiger partial charge in [-0.05, 0) is 62.6 Å². The topological polar surface area (TPSA) is 88.8 Å². The standard InChI is InChI=1S/C24H28N2O5S/c1-16-8-9-18(14-22(16)32(28,29)26-12-6-4-5-7-13-26)25-24(27)23-17(2)20-15-19(30-3)10-11-21(20)31-23/h8-11,14-15H,4-7,12-13H2,1-3H3,(H,25,27). The Bertz CT molecular complexity index is 1250. The Balaban J connectivity index is 1.62. The Labute approximate surface area is 188 Å². The maximum atomic E-state index is 13.3. The van der Waals surface area contributed by atoms with Gasteiger partial charge in [-0.3, -0.25) is 4.79 Å². The van der Waals surface area contributed by atoms with E-state index in [1.54, 1.807) is 42.6 Å². The number of hydrogen-bond acceptors (Lipinski definition) is 5. The molecule has 2 heterocycles. The molecule has 0 unspecified atom stereocenters. The van der Waals surface area contributed by atoms with Crippen molar-refractivity contribution in [2.24, 2.45) is 0 Å². The van der Waals surface area contributed by atoms with E-state index in [2.05, 4.69) is 5.32 Å². The summed E-state index contributed by atoms with van der Waals surface area (Å²) in [5, 5.41) is 3.59. The summed E-state index contributed by atoms with van der Waals surface area (Å²) in [7, 11) is -2.05. The van der Waals surface area contributed by atoms with E-state index >= 15 is 0 Å². The number of carbonyl (C=O) groups excluding carboxylic acids is 1. The van der Waals surface area contributed by atoms with Crippen LogP contribution in [0.2, 0.25) is 0 Å². The van der Waals surface area contributed by atoms with Gasteiger partial charge in [-0.1, -0.05) is 18.9 Å². The van der Waals surface area contributed by atoms with Crippen molar-refractivity contribution < 1.29 is 22.4 Å². The summed E-state index contributed by atoms with van der Waals surface area (Å²) in [6.45, 7) is 4.64. The highest BCUT2D eigenvalue weighted by atomic mass is 32.2. The van der Waals surface area contributed by atoms with Crippen LogP contribution in [0, 0.1) is 13.8 Å². The molecule has 0 radical (unpaired) electrons. The van der Waals surface area contributed by atoms with Crippen LogP contribution in [-0.4, -0.2) is 38.8 Å². The lowest BCUT2D eigenvalue weighted by Gasteiger charge is -2.21. The number of fused-ring (bicyclic) bond motifs is 1. The molecule has 8 heteroatoms. The van der Waals surface area contributed by atoms with E-state index in [0.29, 0.717) is 41.2 Å². The molecular weight excluding hydrogens is 428 g/mol. The minimum absolute atomic E-state index is 0.186. The molecule has 7 nitrogen and oxygen atoms in total. The predicted octanol–water partition coefficient (Wildman–Crippen LogP) is 4.88. The molecule has 1 fully saturated rings. The van der Waals surface area contributed by atoms with Crippen molar-refractivity contribution in [1.29, 1.82) is 0 Å². The zero-order chi connectivity index (χ0) is 22.9. The molecule has 1 aliphatic rings. The van der Waals surface area contributed by atoms with Crippen LogP contribution >= 0.6 is 0 Å². The van der Waals surface area contributed by atoms with Crippen LogP contribution in [0.1, 0.15) is 47.4 Å². The second-order valence-corrected chi connectivity index (χ2v) is 10.1. The fourth-order valence-electron chi connectivity index (χ4n) is 4.11. The Morgan fingerprint density at radius 1 is 1.03 bits per heavy atom. The first-order valence-electron chi connectivity index (χ1n) is 10.8. The van der Waals surface area contributed by atoms with Crippen LogP contribution in [-0.2, 0) is 10.0 Å². The molecule has 0 bridgehead atoms. The van der Waals surface area contributed by atoms with Crippen molar-refractivity contribution >= 4 is 32.6 Å². The summed E-state index contributed by atoms with van der Waals surface area (Å²) in [5.41, 5.74) is 2.34. The third-order valence-electron chi connectivity index (χ3n) is 5.98. The van der Waals surface area contributed by atoms with E-state index in [0.717, 1.165) is 31.1 Å². The van der Waals surface area contributed by atoms with Crippen molar-refractivity contribution in [3.63, 3.8) is 0 Å². The number of nitrogens with zero attached hydrogens (tertiary/aromatic N) is 1. The first-order chi connectivity index (χ1) is 15.3. The minimum atomic E-state index is -3.63. The number of ether oxygens (including phenoxy) is 1. The van der Waals surface area contributed by atoms with Crippen LogP contribution in [0.15, 0.2) is 45.7 Å². The van der Waals surface area contributed by atoms with Crippen LogP contribution < -0.4 is 10.1 Å². The van der Waals surface area contributed by atoms with Gasteiger partial charge in [0.05, 0.1) is 12.0 Å². The zero-order valence-corrected chi connectivity index (χ0v) is 19.4. The van der Waals surface area contributed by atoms with E-state index in [1.807, 2.05) is 13.0 Å². The van der Waals surface area contributed by atoms with Crippen LogP contribution in [0.3, 0.4) is 0 Å². The lowest BCUT2D eigenvalue weighted by Crippen LogP contribution is -2.32. The molecule has 170 valence electrons. The molecule has 1 aromatic heterocycles.